The Morgan fingerprint density at radius 1 is 1.23 bits per heavy atom. The standard InChI is InChI=1S/C13H11F3N6/c1-17-12-11-10(18-2-3-19-11)4-9(21-12)8-5-20-22(6-8)7-13(14,15)16/h2-6H,7H2,1H3,(H,17,21). The second kappa shape index (κ2) is 5.24. The molecule has 0 aromatic carbocycles. The summed E-state index contributed by atoms with van der Waals surface area (Å²) in [7, 11) is 1.69. The zero-order valence-electron chi connectivity index (χ0n) is 11.5. The maximum atomic E-state index is 12.4. The number of nitrogens with one attached hydrogen (secondary N) is 1. The number of halogens is 3. The Labute approximate surface area is 123 Å². The highest BCUT2D eigenvalue weighted by molar-refractivity contribution is 5.88. The Kier molecular flexibility index (Phi) is 3.39. The summed E-state index contributed by atoms with van der Waals surface area (Å²) in [6, 6.07) is 1.66. The van der Waals surface area contributed by atoms with Gasteiger partial charge in [-0.25, -0.2) is 9.97 Å². The van der Waals surface area contributed by atoms with Gasteiger partial charge in [-0.2, -0.15) is 18.3 Å². The molecule has 0 aliphatic carbocycles. The summed E-state index contributed by atoms with van der Waals surface area (Å²) in [5, 5.41) is 6.62. The smallest absolute Gasteiger partial charge is 0.371 e. The van der Waals surface area contributed by atoms with Crippen LogP contribution in [0.3, 0.4) is 0 Å². The van der Waals surface area contributed by atoms with Crippen LogP contribution in [0.15, 0.2) is 30.9 Å². The molecule has 3 aromatic heterocycles. The molecule has 0 bridgehead atoms. The predicted molar refractivity (Wildman–Crippen MR) is 74.2 cm³/mol. The van der Waals surface area contributed by atoms with Crippen LogP contribution >= 0.6 is 0 Å². The first-order valence-electron chi connectivity index (χ1n) is 6.35. The van der Waals surface area contributed by atoms with Crippen molar-refractivity contribution < 1.29 is 13.2 Å². The Hall–Kier alpha value is -2.71. The van der Waals surface area contributed by atoms with Gasteiger partial charge >= 0.3 is 6.18 Å². The van der Waals surface area contributed by atoms with Crippen LogP contribution in [0.5, 0.6) is 0 Å². The van der Waals surface area contributed by atoms with Gasteiger partial charge in [-0.3, -0.25) is 9.67 Å². The van der Waals surface area contributed by atoms with E-state index in [1.807, 2.05) is 0 Å². The van der Waals surface area contributed by atoms with Gasteiger partial charge in [-0.05, 0) is 6.07 Å². The highest BCUT2D eigenvalue weighted by Gasteiger charge is 2.28. The molecule has 0 radical (unpaired) electrons. The van der Waals surface area contributed by atoms with E-state index in [1.165, 1.54) is 12.4 Å². The van der Waals surface area contributed by atoms with Crippen molar-refractivity contribution in [1.82, 2.24) is 24.7 Å². The molecule has 0 spiro atoms. The lowest BCUT2D eigenvalue weighted by Crippen LogP contribution is -2.17. The monoisotopic (exact) mass is 308 g/mol. The average Bonchev–Trinajstić information content (AvgIpc) is 2.92. The van der Waals surface area contributed by atoms with Crippen LogP contribution in [0.25, 0.3) is 22.3 Å². The Bertz CT molecular complexity index is 811. The van der Waals surface area contributed by atoms with Gasteiger partial charge in [0.05, 0.1) is 17.4 Å². The summed E-state index contributed by atoms with van der Waals surface area (Å²) >= 11 is 0. The van der Waals surface area contributed by atoms with Crippen LogP contribution in [0, 0.1) is 0 Å². The second-order valence-corrected chi connectivity index (χ2v) is 4.57. The average molecular weight is 308 g/mol. The number of nitrogens with zero attached hydrogens (tertiary/aromatic N) is 5. The highest BCUT2D eigenvalue weighted by atomic mass is 19.4. The zero-order chi connectivity index (χ0) is 15.7. The molecule has 3 heterocycles. The summed E-state index contributed by atoms with van der Waals surface area (Å²) in [4.78, 5) is 12.7. The third kappa shape index (κ3) is 2.83. The highest BCUT2D eigenvalue weighted by Crippen LogP contribution is 2.25. The topological polar surface area (TPSA) is 68.5 Å². The fourth-order valence-electron chi connectivity index (χ4n) is 2.06. The van der Waals surface area contributed by atoms with Gasteiger partial charge < -0.3 is 5.32 Å². The molecule has 22 heavy (non-hydrogen) atoms. The van der Waals surface area contributed by atoms with E-state index in [-0.39, 0.29) is 0 Å². The van der Waals surface area contributed by atoms with Crippen molar-refractivity contribution in [2.45, 2.75) is 12.7 Å². The lowest BCUT2D eigenvalue weighted by molar-refractivity contribution is -0.142. The number of alkyl halides is 3. The van der Waals surface area contributed by atoms with Gasteiger partial charge in [0.1, 0.15) is 12.1 Å². The van der Waals surface area contributed by atoms with Gasteiger partial charge in [0.25, 0.3) is 0 Å². The lowest BCUT2D eigenvalue weighted by atomic mass is 10.2. The van der Waals surface area contributed by atoms with Crippen molar-refractivity contribution in [2.75, 3.05) is 12.4 Å². The van der Waals surface area contributed by atoms with E-state index >= 15 is 0 Å². The third-order valence-electron chi connectivity index (χ3n) is 2.96. The number of hydrogen-bond acceptors (Lipinski definition) is 5. The molecule has 9 heteroatoms. The quantitative estimate of drug-likeness (QED) is 0.805. The van der Waals surface area contributed by atoms with Gasteiger partial charge in [-0.15, -0.1) is 0 Å². The van der Waals surface area contributed by atoms with E-state index in [0.717, 1.165) is 4.68 Å². The molecule has 0 saturated carbocycles. The summed E-state index contributed by atoms with van der Waals surface area (Å²) in [6.45, 7) is -1.14. The molecule has 114 valence electrons. The number of pyridine rings is 1. The van der Waals surface area contributed by atoms with Crippen molar-refractivity contribution in [2.24, 2.45) is 0 Å². The molecule has 0 atom stereocenters. The third-order valence-corrected chi connectivity index (χ3v) is 2.96. The molecule has 3 rings (SSSR count). The van der Waals surface area contributed by atoms with Gasteiger partial charge in [0, 0.05) is 31.2 Å². The number of hydrogen-bond donors (Lipinski definition) is 1. The summed E-state index contributed by atoms with van der Waals surface area (Å²) < 4.78 is 38.0. The zero-order valence-corrected chi connectivity index (χ0v) is 11.5. The Morgan fingerprint density at radius 3 is 2.73 bits per heavy atom. The summed E-state index contributed by atoms with van der Waals surface area (Å²) in [5.74, 6) is 0.504. The van der Waals surface area contributed by atoms with E-state index in [2.05, 4.69) is 25.4 Å². The molecule has 0 aliphatic heterocycles. The molecule has 0 amide bonds. The number of fused-ring (bicyclic) bond motifs is 1. The van der Waals surface area contributed by atoms with E-state index in [4.69, 9.17) is 0 Å². The molecule has 1 N–H and O–H groups in total. The first-order chi connectivity index (χ1) is 10.5. The minimum absolute atomic E-state index is 0.478. The Morgan fingerprint density at radius 2 is 2.00 bits per heavy atom. The van der Waals surface area contributed by atoms with Crippen molar-refractivity contribution >= 4 is 16.9 Å². The van der Waals surface area contributed by atoms with E-state index in [0.29, 0.717) is 28.1 Å². The minimum atomic E-state index is -4.32. The largest absolute Gasteiger partial charge is 0.408 e. The van der Waals surface area contributed by atoms with E-state index in [9.17, 15) is 13.2 Å². The fourth-order valence-corrected chi connectivity index (χ4v) is 2.06. The van der Waals surface area contributed by atoms with Crippen LogP contribution in [-0.4, -0.2) is 38.0 Å². The van der Waals surface area contributed by atoms with Crippen molar-refractivity contribution in [3.8, 4) is 11.3 Å². The van der Waals surface area contributed by atoms with Crippen LogP contribution in [0.4, 0.5) is 19.0 Å². The van der Waals surface area contributed by atoms with Crippen molar-refractivity contribution in [1.29, 1.82) is 0 Å². The van der Waals surface area contributed by atoms with Crippen LogP contribution in [-0.2, 0) is 6.54 Å². The molecular formula is C13H11F3N6. The fraction of sp³-hybridized carbons (Fsp3) is 0.231. The Balaban J connectivity index is 2.03. The molecule has 0 fully saturated rings. The number of rotatable bonds is 3. The normalized spacial score (nSPS) is 11.8. The maximum Gasteiger partial charge on any atom is 0.408 e. The van der Waals surface area contributed by atoms with E-state index < -0.39 is 12.7 Å². The van der Waals surface area contributed by atoms with E-state index in [1.54, 1.807) is 25.5 Å². The first-order valence-corrected chi connectivity index (χ1v) is 6.35. The van der Waals surface area contributed by atoms with Gasteiger partial charge in [-0.1, -0.05) is 0 Å². The van der Waals surface area contributed by atoms with Gasteiger partial charge in [0.2, 0.25) is 0 Å². The molecule has 0 unspecified atom stereocenters. The molecular weight excluding hydrogens is 297 g/mol. The van der Waals surface area contributed by atoms with Crippen molar-refractivity contribution in [3.05, 3.63) is 30.9 Å². The number of anilines is 1. The summed E-state index contributed by atoms with van der Waals surface area (Å²) in [6.07, 6.45) is 1.42. The minimum Gasteiger partial charge on any atom is -0.371 e. The predicted octanol–water partition coefficient (Wildman–Crippen LogP) is 2.49. The second-order valence-electron chi connectivity index (χ2n) is 4.57. The maximum absolute atomic E-state index is 12.4. The van der Waals surface area contributed by atoms with Crippen LogP contribution in [0.2, 0.25) is 0 Å². The molecule has 0 saturated heterocycles. The summed E-state index contributed by atoms with van der Waals surface area (Å²) in [5.41, 5.74) is 2.15. The molecule has 6 nitrogen and oxygen atoms in total. The van der Waals surface area contributed by atoms with Crippen LogP contribution in [0.1, 0.15) is 0 Å². The van der Waals surface area contributed by atoms with Crippen molar-refractivity contribution in [3.63, 3.8) is 0 Å². The molecule has 0 aliphatic rings. The van der Waals surface area contributed by atoms with Gasteiger partial charge in [0.15, 0.2) is 5.82 Å². The SMILES string of the molecule is CNc1nc(-c2cnn(CC(F)(F)F)c2)cc2nccnc12. The van der Waals surface area contributed by atoms with Crippen LogP contribution < -0.4 is 5.32 Å². The first kappa shape index (κ1) is 14.2. The number of aromatic nitrogens is 5. The lowest BCUT2D eigenvalue weighted by Gasteiger charge is -2.06. The molecule has 3 aromatic rings.